The zero-order valence-electron chi connectivity index (χ0n) is 22.2. The zero-order chi connectivity index (χ0) is 27.8. The van der Waals surface area contributed by atoms with Crippen LogP contribution < -0.4 is 17.1 Å². The van der Waals surface area contributed by atoms with Gasteiger partial charge in [0.2, 0.25) is 18.2 Å². The van der Waals surface area contributed by atoms with E-state index in [0.29, 0.717) is 58.2 Å². The number of hydrogen-bond donors (Lipinski definition) is 0. The number of rotatable bonds is 9. The molecular formula is C27H36N6O6. The Labute approximate surface area is 225 Å². The van der Waals surface area contributed by atoms with E-state index < -0.39 is 17.1 Å². The summed E-state index contributed by atoms with van der Waals surface area (Å²) in [6.07, 6.45) is 12.8. The molecule has 0 aliphatic heterocycles. The van der Waals surface area contributed by atoms with Crippen LogP contribution in [0.15, 0.2) is 29.4 Å². The number of carbonyl (C=O) groups excluding carboxylic acids is 3. The molecule has 1 aromatic heterocycles. The molecular weight excluding hydrogens is 504 g/mol. The normalized spacial score (nSPS) is 28.9. The Morgan fingerprint density at radius 3 is 1.31 bits per heavy atom. The molecule has 0 amide bonds. The molecule has 2 atom stereocenters. The second-order valence-corrected chi connectivity index (χ2v) is 11.3. The van der Waals surface area contributed by atoms with Crippen LogP contribution in [0.4, 0.5) is 0 Å². The molecule has 3 aliphatic carbocycles. The first-order valence-electron chi connectivity index (χ1n) is 14.1. The number of aromatic nitrogens is 3. The van der Waals surface area contributed by atoms with Gasteiger partial charge in [-0.25, -0.2) is 57.4 Å². The topological polar surface area (TPSA) is 154 Å². The van der Waals surface area contributed by atoms with Crippen molar-refractivity contribution in [1.29, 1.82) is 0 Å². The van der Waals surface area contributed by atoms with Gasteiger partial charge < -0.3 is 0 Å². The highest BCUT2D eigenvalue weighted by molar-refractivity contribution is 5.33. The van der Waals surface area contributed by atoms with Gasteiger partial charge in [-0.1, -0.05) is 6.42 Å². The average Bonchev–Trinajstić information content (AvgIpc) is 2.95. The van der Waals surface area contributed by atoms with Crippen LogP contribution in [0.25, 0.3) is 0 Å². The summed E-state index contributed by atoms with van der Waals surface area (Å²) in [5.74, 6) is 0.467. The second kappa shape index (κ2) is 13.6. The Balaban J connectivity index is 1.71. The van der Waals surface area contributed by atoms with Crippen molar-refractivity contribution < 1.29 is 14.4 Å². The minimum Gasteiger partial charge on any atom is -0.247 e. The molecule has 2 unspecified atom stereocenters. The van der Waals surface area contributed by atoms with E-state index in [1.165, 1.54) is 13.7 Å². The lowest BCUT2D eigenvalue weighted by Crippen LogP contribution is -2.58. The van der Waals surface area contributed by atoms with E-state index in [1.54, 1.807) is 18.2 Å². The minimum absolute atomic E-state index is 0.0629. The summed E-state index contributed by atoms with van der Waals surface area (Å²) in [6, 6.07) is -1.05. The molecule has 4 rings (SSSR count). The van der Waals surface area contributed by atoms with E-state index >= 15 is 0 Å². The van der Waals surface area contributed by atoms with Gasteiger partial charge in [0.05, 0.1) is 19.6 Å². The van der Waals surface area contributed by atoms with Gasteiger partial charge in [0, 0.05) is 18.1 Å². The van der Waals surface area contributed by atoms with E-state index in [4.69, 9.17) is 0 Å². The van der Waals surface area contributed by atoms with Crippen molar-refractivity contribution in [3.05, 3.63) is 31.5 Å². The summed E-state index contributed by atoms with van der Waals surface area (Å²) in [5, 5.41) is 0. The van der Waals surface area contributed by atoms with Gasteiger partial charge in [0.15, 0.2) is 0 Å². The first-order chi connectivity index (χ1) is 19.0. The van der Waals surface area contributed by atoms with Crippen molar-refractivity contribution in [1.82, 2.24) is 13.7 Å². The predicted molar refractivity (Wildman–Crippen MR) is 141 cm³/mol. The van der Waals surface area contributed by atoms with Crippen molar-refractivity contribution >= 4 is 18.2 Å². The minimum atomic E-state index is -0.561. The standard InChI is InChI=1S/C27H36N6O6/c34-16-28-13-19-4-8-22(9-5-19)31-25(37)32(23-10-6-20(7-11-23)14-29-17-35)27(39)33(26(31)38)24-3-1-2-21(12-24)15-30-18-36/h19-24H,1-15H2. The largest absolute Gasteiger partial charge is 0.336 e. The van der Waals surface area contributed by atoms with Crippen LogP contribution in [0.5, 0.6) is 0 Å². The lowest BCUT2D eigenvalue weighted by molar-refractivity contribution is 0.205. The SMILES string of the molecule is O=C=NCC1CCC(n2c(=O)n(C3CCC(CN=C=O)CC3)c(=O)n(C3CCCC(CN=C=O)C3)c2=O)CC1. The van der Waals surface area contributed by atoms with Gasteiger partial charge in [-0.3, -0.25) is 0 Å². The molecule has 39 heavy (non-hydrogen) atoms. The molecule has 1 aromatic rings. The molecule has 0 N–H and O–H groups in total. The van der Waals surface area contributed by atoms with Crippen LogP contribution in [0.1, 0.15) is 95.2 Å². The van der Waals surface area contributed by atoms with E-state index in [2.05, 4.69) is 15.0 Å². The Hall–Kier alpha value is -3.45. The van der Waals surface area contributed by atoms with Gasteiger partial charge in [0.1, 0.15) is 0 Å². The number of aliphatic imine (C=N–C) groups is 3. The molecule has 0 radical (unpaired) electrons. The summed E-state index contributed by atoms with van der Waals surface area (Å²) in [4.78, 5) is 84.5. The molecule has 0 saturated heterocycles. The second-order valence-electron chi connectivity index (χ2n) is 11.3. The monoisotopic (exact) mass is 540 g/mol. The zero-order valence-corrected chi connectivity index (χ0v) is 22.2. The van der Waals surface area contributed by atoms with Gasteiger partial charge in [-0.05, 0) is 88.4 Å². The fourth-order valence-electron chi connectivity index (χ4n) is 6.86. The fraction of sp³-hybridized carbons (Fsp3) is 0.778. The number of isocyanates is 3. The Kier molecular flexibility index (Phi) is 9.93. The summed E-state index contributed by atoms with van der Waals surface area (Å²) in [5.41, 5.74) is -1.67. The van der Waals surface area contributed by atoms with E-state index in [9.17, 15) is 28.8 Å². The van der Waals surface area contributed by atoms with Gasteiger partial charge in [-0.15, -0.1) is 0 Å². The molecule has 1 heterocycles. The van der Waals surface area contributed by atoms with Crippen LogP contribution >= 0.6 is 0 Å². The highest BCUT2D eigenvalue weighted by atomic mass is 16.2. The third kappa shape index (κ3) is 6.59. The smallest absolute Gasteiger partial charge is 0.247 e. The summed E-state index contributed by atoms with van der Waals surface area (Å²) in [7, 11) is 0. The fourth-order valence-corrected chi connectivity index (χ4v) is 6.86. The van der Waals surface area contributed by atoms with Crippen LogP contribution in [-0.2, 0) is 14.4 Å². The van der Waals surface area contributed by atoms with E-state index in [0.717, 1.165) is 38.5 Å². The van der Waals surface area contributed by atoms with Crippen LogP contribution in [0, 0.1) is 17.8 Å². The third-order valence-electron chi connectivity index (χ3n) is 8.96. The van der Waals surface area contributed by atoms with Gasteiger partial charge in [0.25, 0.3) is 0 Å². The highest BCUT2D eigenvalue weighted by Crippen LogP contribution is 2.34. The van der Waals surface area contributed by atoms with Crippen molar-refractivity contribution in [2.75, 3.05) is 19.6 Å². The molecule has 0 spiro atoms. The Morgan fingerprint density at radius 2 is 0.897 bits per heavy atom. The van der Waals surface area contributed by atoms with E-state index in [1.807, 2.05) is 0 Å². The molecule has 0 bridgehead atoms. The van der Waals surface area contributed by atoms with Crippen molar-refractivity contribution in [3.8, 4) is 0 Å². The molecule has 3 aliphatic rings. The molecule has 12 nitrogen and oxygen atoms in total. The first-order valence-corrected chi connectivity index (χ1v) is 14.1. The molecule has 210 valence electrons. The van der Waals surface area contributed by atoms with Crippen molar-refractivity contribution in [2.45, 2.75) is 95.2 Å². The van der Waals surface area contributed by atoms with Gasteiger partial charge in [-0.2, -0.15) is 0 Å². The predicted octanol–water partition coefficient (Wildman–Crippen LogP) is 2.37. The quantitative estimate of drug-likeness (QED) is 0.346. The van der Waals surface area contributed by atoms with Crippen molar-refractivity contribution in [3.63, 3.8) is 0 Å². The summed E-state index contributed by atoms with van der Waals surface area (Å²) in [6.45, 7) is 1.08. The maximum absolute atomic E-state index is 13.9. The summed E-state index contributed by atoms with van der Waals surface area (Å²) >= 11 is 0. The molecule has 0 aromatic carbocycles. The number of nitrogens with zero attached hydrogens (tertiary/aromatic N) is 6. The van der Waals surface area contributed by atoms with E-state index in [-0.39, 0.29) is 35.9 Å². The maximum Gasteiger partial charge on any atom is 0.336 e. The lowest BCUT2D eigenvalue weighted by atomic mass is 9.85. The van der Waals surface area contributed by atoms with Crippen LogP contribution in [0.3, 0.4) is 0 Å². The summed E-state index contributed by atoms with van der Waals surface area (Å²) < 4.78 is 3.90. The van der Waals surface area contributed by atoms with Gasteiger partial charge >= 0.3 is 17.1 Å². The third-order valence-corrected chi connectivity index (χ3v) is 8.96. The number of hydrogen-bond acceptors (Lipinski definition) is 9. The molecule has 3 saturated carbocycles. The van der Waals surface area contributed by atoms with Crippen LogP contribution in [-0.4, -0.2) is 51.6 Å². The maximum atomic E-state index is 13.9. The Morgan fingerprint density at radius 1 is 0.513 bits per heavy atom. The molecule has 3 fully saturated rings. The van der Waals surface area contributed by atoms with Crippen molar-refractivity contribution in [2.24, 2.45) is 32.7 Å². The highest BCUT2D eigenvalue weighted by Gasteiger charge is 2.34. The average molecular weight is 541 g/mol. The van der Waals surface area contributed by atoms with Crippen LogP contribution in [0.2, 0.25) is 0 Å². The first kappa shape index (κ1) is 28.6. The molecule has 12 heteroatoms. The Bertz CT molecular complexity index is 1250. The lowest BCUT2D eigenvalue weighted by Gasteiger charge is -2.34.